The minimum Gasteiger partial charge on any atom is -0.343 e. The molecule has 0 aliphatic rings. The van der Waals surface area contributed by atoms with Crippen LogP contribution in [-0.2, 0) is 9.47 Å². The van der Waals surface area contributed by atoms with Crippen LogP contribution >= 0.6 is 0 Å². The van der Waals surface area contributed by atoms with Gasteiger partial charge in [-0.2, -0.15) is 0 Å². The van der Waals surface area contributed by atoms with Crippen molar-refractivity contribution in [2.45, 2.75) is 33.2 Å². The highest BCUT2D eigenvalue weighted by atomic mass is 16.8. The smallest absolute Gasteiger partial charge is 0.280 e. The van der Waals surface area contributed by atoms with Crippen molar-refractivity contribution in [2.24, 2.45) is 0 Å². The van der Waals surface area contributed by atoms with Gasteiger partial charge in [0.05, 0.1) is 13.2 Å². The van der Waals surface area contributed by atoms with Crippen LogP contribution in [-0.4, -0.2) is 24.3 Å². The zero-order chi connectivity index (χ0) is 11.2. The van der Waals surface area contributed by atoms with Crippen molar-refractivity contribution >= 4 is 0 Å². The Balaban J connectivity index is 4.03. The first-order valence-corrected chi connectivity index (χ1v) is 4.68. The van der Waals surface area contributed by atoms with E-state index in [9.17, 15) is 5.11 Å². The Morgan fingerprint density at radius 1 is 1.14 bits per heavy atom. The summed E-state index contributed by atoms with van der Waals surface area (Å²) in [4.78, 5) is 0. The van der Waals surface area contributed by atoms with Gasteiger partial charge in [-0.25, -0.2) is 0 Å². The van der Waals surface area contributed by atoms with Crippen LogP contribution in [0.25, 0.3) is 0 Å². The molecule has 0 spiro atoms. The lowest BCUT2D eigenvalue weighted by molar-refractivity contribution is -0.355. The normalized spacial score (nSPS) is 11.4. The second-order valence-electron chi connectivity index (χ2n) is 3.56. The molecule has 0 amide bonds. The van der Waals surface area contributed by atoms with Gasteiger partial charge in [0.1, 0.15) is 0 Å². The number of aliphatic hydroxyl groups is 1. The highest BCUT2D eigenvalue weighted by Gasteiger charge is 2.26. The Hall–Kier alpha value is -0.640. The van der Waals surface area contributed by atoms with Gasteiger partial charge in [-0.3, -0.25) is 0 Å². The molecular formula is C11H20O3. The predicted molar refractivity (Wildman–Crippen MR) is 56.8 cm³/mol. The molecule has 0 aromatic heterocycles. The van der Waals surface area contributed by atoms with Crippen LogP contribution in [0, 0.1) is 0 Å². The van der Waals surface area contributed by atoms with Crippen molar-refractivity contribution in [3.05, 3.63) is 24.3 Å². The topological polar surface area (TPSA) is 38.7 Å². The van der Waals surface area contributed by atoms with Crippen molar-refractivity contribution < 1.29 is 14.6 Å². The van der Waals surface area contributed by atoms with Crippen LogP contribution in [0.1, 0.15) is 27.2 Å². The molecule has 0 unspecified atom stereocenters. The van der Waals surface area contributed by atoms with Crippen molar-refractivity contribution in [1.82, 2.24) is 0 Å². The summed E-state index contributed by atoms with van der Waals surface area (Å²) in [5, 5.41) is 9.79. The van der Waals surface area contributed by atoms with E-state index >= 15 is 0 Å². The molecule has 0 saturated heterocycles. The molecule has 0 bridgehead atoms. The van der Waals surface area contributed by atoms with Gasteiger partial charge >= 0.3 is 0 Å². The molecule has 14 heavy (non-hydrogen) atoms. The third-order valence-electron chi connectivity index (χ3n) is 1.54. The number of rotatable bonds is 7. The summed E-state index contributed by atoms with van der Waals surface area (Å²) < 4.78 is 10.4. The summed E-state index contributed by atoms with van der Waals surface area (Å²) in [7, 11) is 0. The summed E-state index contributed by atoms with van der Waals surface area (Å²) in [5.41, 5.74) is 1.69. The van der Waals surface area contributed by atoms with Crippen LogP contribution in [0.15, 0.2) is 24.3 Å². The maximum Gasteiger partial charge on any atom is 0.280 e. The third-order valence-corrected chi connectivity index (χ3v) is 1.54. The first-order chi connectivity index (χ1) is 6.39. The van der Waals surface area contributed by atoms with Gasteiger partial charge in [0.25, 0.3) is 5.97 Å². The lowest BCUT2D eigenvalue weighted by atomic mass is 10.3. The Labute approximate surface area is 86.0 Å². The molecule has 82 valence electrons. The SMILES string of the molecule is C=C(C)COC(O)(CC)OCC(=C)C. The quantitative estimate of drug-likeness (QED) is 0.506. The van der Waals surface area contributed by atoms with Crippen LogP contribution in [0.2, 0.25) is 0 Å². The minimum absolute atomic E-state index is 0.292. The molecule has 0 aliphatic carbocycles. The van der Waals surface area contributed by atoms with Gasteiger partial charge in [0.15, 0.2) is 0 Å². The highest BCUT2D eigenvalue weighted by molar-refractivity contribution is 4.89. The van der Waals surface area contributed by atoms with E-state index in [2.05, 4.69) is 13.2 Å². The van der Waals surface area contributed by atoms with Crippen LogP contribution < -0.4 is 0 Å². The molecule has 0 aromatic rings. The molecule has 0 heterocycles. The summed E-state index contributed by atoms with van der Waals surface area (Å²) >= 11 is 0. The van der Waals surface area contributed by atoms with Gasteiger partial charge in [-0.1, -0.05) is 31.2 Å². The maximum atomic E-state index is 9.79. The summed E-state index contributed by atoms with van der Waals surface area (Å²) in [6.45, 7) is 13.4. The lowest BCUT2D eigenvalue weighted by Crippen LogP contribution is -2.36. The van der Waals surface area contributed by atoms with E-state index in [0.717, 1.165) is 11.1 Å². The van der Waals surface area contributed by atoms with Crippen molar-refractivity contribution in [3.8, 4) is 0 Å². The molecule has 0 aromatic carbocycles. The Kier molecular flexibility index (Phi) is 5.69. The fourth-order valence-electron chi connectivity index (χ4n) is 0.718. The van der Waals surface area contributed by atoms with Crippen molar-refractivity contribution in [2.75, 3.05) is 13.2 Å². The maximum absolute atomic E-state index is 9.79. The van der Waals surface area contributed by atoms with Crippen molar-refractivity contribution in [1.29, 1.82) is 0 Å². The average molecular weight is 200 g/mol. The third kappa shape index (κ3) is 5.91. The Morgan fingerprint density at radius 3 is 1.71 bits per heavy atom. The summed E-state index contributed by atoms with van der Waals surface area (Å²) in [6, 6.07) is 0. The lowest BCUT2D eigenvalue weighted by Gasteiger charge is -2.26. The van der Waals surface area contributed by atoms with E-state index in [1.807, 2.05) is 13.8 Å². The number of hydrogen-bond donors (Lipinski definition) is 1. The second-order valence-corrected chi connectivity index (χ2v) is 3.56. The van der Waals surface area contributed by atoms with Gasteiger partial charge in [0.2, 0.25) is 0 Å². The monoisotopic (exact) mass is 200 g/mol. The molecule has 3 nitrogen and oxygen atoms in total. The van der Waals surface area contributed by atoms with Gasteiger partial charge in [-0.05, 0) is 13.8 Å². The minimum atomic E-state index is -1.52. The molecule has 0 saturated carbocycles. The number of hydrogen-bond acceptors (Lipinski definition) is 3. The van der Waals surface area contributed by atoms with E-state index < -0.39 is 5.97 Å². The van der Waals surface area contributed by atoms with E-state index in [0.29, 0.717) is 19.6 Å². The predicted octanol–water partition coefficient (Wildman–Crippen LogP) is 2.23. The summed E-state index contributed by atoms with van der Waals surface area (Å²) in [6.07, 6.45) is 0.369. The molecule has 0 atom stereocenters. The molecule has 1 N–H and O–H groups in total. The van der Waals surface area contributed by atoms with E-state index in [1.165, 1.54) is 0 Å². The first kappa shape index (κ1) is 13.4. The van der Waals surface area contributed by atoms with E-state index in [4.69, 9.17) is 9.47 Å². The van der Waals surface area contributed by atoms with E-state index in [-0.39, 0.29) is 0 Å². The van der Waals surface area contributed by atoms with Crippen LogP contribution in [0.3, 0.4) is 0 Å². The van der Waals surface area contributed by atoms with Gasteiger partial charge in [-0.15, -0.1) is 0 Å². The number of ether oxygens (including phenoxy) is 2. The first-order valence-electron chi connectivity index (χ1n) is 4.68. The summed E-state index contributed by atoms with van der Waals surface area (Å²) in [5.74, 6) is -1.52. The fourth-order valence-corrected chi connectivity index (χ4v) is 0.718. The zero-order valence-electron chi connectivity index (χ0n) is 9.30. The highest BCUT2D eigenvalue weighted by Crippen LogP contribution is 2.15. The zero-order valence-corrected chi connectivity index (χ0v) is 9.30. The van der Waals surface area contributed by atoms with E-state index in [1.54, 1.807) is 6.92 Å². The van der Waals surface area contributed by atoms with Crippen LogP contribution in [0.5, 0.6) is 0 Å². The molecule has 0 aliphatic heterocycles. The second kappa shape index (κ2) is 5.96. The molecule has 0 rings (SSSR count). The van der Waals surface area contributed by atoms with Crippen molar-refractivity contribution in [3.63, 3.8) is 0 Å². The molecule has 0 radical (unpaired) electrons. The Morgan fingerprint density at radius 2 is 1.50 bits per heavy atom. The molecular weight excluding hydrogens is 180 g/mol. The largest absolute Gasteiger partial charge is 0.343 e. The molecule has 3 heteroatoms. The van der Waals surface area contributed by atoms with Crippen LogP contribution in [0.4, 0.5) is 0 Å². The van der Waals surface area contributed by atoms with Gasteiger partial charge in [0, 0.05) is 6.42 Å². The van der Waals surface area contributed by atoms with Gasteiger partial charge < -0.3 is 14.6 Å². The average Bonchev–Trinajstić information content (AvgIpc) is 2.11. The molecule has 0 fully saturated rings. The standard InChI is InChI=1S/C11H20O3/c1-6-11(12,13-7-9(2)3)14-8-10(4)5/h12H,2,4,6-8H2,1,3,5H3. The fraction of sp³-hybridized carbons (Fsp3) is 0.636. The Bertz CT molecular complexity index is 191.